The maximum absolute atomic E-state index is 13.1. The molecule has 0 saturated carbocycles. The van der Waals surface area contributed by atoms with Gasteiger partial charge in [0.1, 0.15) is 28.2 Å². The molecule has 1 aliphatic rings. The molecule has 176 valence electrons. The molecule has 1 fully saturated rings. The minimum atomic E-state index is -4.47. The maximum atomic E-state index is 13.1. The first-order chi connectivity index (χ1) is 15.7. The summed E-state index contributed by atoms with van der Waals surface area (Å²) in [6.07, 6.45) is -3.77. The molecule has 1 unspecified atom stereocenters. The number of rotatable bonds is 5. The van der Waals surface area contributed by atoms with Gasteiger partial charge in [-0.05, 0) is 32.1 Å². The summed E-state index contributed by atoms with van der Waals surface area (Å²) in [5.74, 6) is 0.662. The molecule has 0 aliphatic carbocycles. The van der Waals surface area contributed by atoms with Crippen molar-refractivity contribution in [3.63, 3.8) is 0 Å². The molecule has 1 aliphatic heterocycles. The first-order valence-electron chi connectivity index (χ1n) is 10.4. The minimum Gasteiger partial charge on any atom is -0.496 e. The molecule has 33 heavy (non-hydrogen) atoms. The van der Waals surface area contributed by atoms with Crippen LogP contribution in [0.4, 0.5) is 13.2 Å². The highest BCUT2D eigenvalue weighted by Gasteiger charge is 2.37. The Labute approximate surface area is 188 Å². The van der Waals surface area contributed by atoms with Gasteiger partial charge in [-0.15, -0.1) is 0 Å². The van der Waals surface area contributed by atoms with Crippen LogP contribution in [0.1, 0.15) is 23.5 Å². The number of ether oxygens (including phenoxy) is 2. The Bertz CT molecular complexity index is 1220. The first-order valence-corrected chi connectivity index (χ1v) is 10.4. The Balaban J connectivity index is 1.97. The third-order valence-electron chi connectivity index (χ3n) is 6.28. The van der Waals surface area contributed by atoms with Crippen LogP contribution in [0, 0.1) is 0 Å². The number of methoxy groups -OCH3 is 2. The van der Waals surface area contributed by atoms with E-state index in [-0.39, 0.29) is 46.5 Å². The molecular weight excluding hydrogens is 439 g/mol. The SMILES string of the molecule is COc1cc(OC)c2c(=O)cc(-c3ccc(C(F)(F)F)cc3)oc2c1C1CCN(C)[C@@H]1CO. The van der Waals surface area contributed by atoms with Gasteiger partial charge in [0.2, 0.25) is 0 Å². The molecular formula is C24H24F3NO5. The zero-order valence-electron chi connectivity index (χ0n) is 18.4. The van der Waals surface area contributed by atoms with Crippen molar-refractivity contribution in [1.29, 1.82) is 0 Å². The lowest BCUT2D eigenvalue weighted by Crippen LogP contribution is -2.32. The van der Waals surface area contributed by atoms with Crippen LogP contribution in [-0.2, 0) is 6.18 Å². The number of hydrogen-bond donors (Lipinski definition) is 1. The zero-order chi connectivity index (χ0) is 23.9. The van der Waals surface area contributed by atoms with Crippen molar-refractivity contribution in [2.45, 2.75) is 24.6 Å². The lowest BCUT2D eigenvalue weighted by atomic mass is 9.89. The number of aliphatic hydroxyl groups is 1. The van der Waals surface area contributed by atoms with E-state index < -0.39 is 11.7 Å². The second kappa shape index (κ2) is 8.72. The number of aliphatic hydroxyl groups excluding tert-OH is 1. The third-order valence-corrected chi connectivity index (χ3v) is 6.28. The van der Waals surface area contributed by atoms with E-state index in [1.165, 1.54) is 32.4 Å². The normalized spacial score (nSPS) is 19.2. The van der Waals surface area contributed by atoms with Gasteiger partial charge in [-0.3, -0.25) is 4.79 Å². The number of alkyl halides is 3. The number of benzene rings is 2. The number of fused-ring (bicyclic) bond motifs is 1. The molecule has 2 aromatic carbocycles. The van der Waals surface area contributed by atoms with Gasteiger partial charge < -0.3 is 23.9 Å². The minimum absolute atomic E-state index is 0.0966. The van der Waals surface area contributed by atoms with Crippen molar-refractivity contribution in [2.75, 3.05) is 34.4 Å². The van der Waals surface area contributed by atoms with E-state index in [1.54, 1.807) is 6.07 Å². The first kappa shape index (κ1) is 23.1. The van der Waals surface area contributed by atoms with Crippen LogP contribution >= 0.6 is 0 Å². The monoisotopic (exact) mass is 463 g/mol. The highest BCUT2D eigenvalue weighted by molar-refractivity contribution is 5.90. The second-order valence-electron chi connectivity index (χ2n) is 8.07. The van der Waals surface area contributed by atoms with Crippen molar-refractivity contribution in [1.82, 2.24) is 4.90 Å². The summed E-state index contributed by atoms with van der Waals surface area (Å²) in [6, 6.07) is 7.08. The molecule has 1 N–H and O–H groups in total. The van der Waals surface area contributed by atoms with Crippen molar-refractivity contribution >= 4 is 11.0 Å². The topological polar surface area (TPSA) is 72.1 Å². The highest BCUT2D eigenvalue weighted by Crippen LogP contribution is 2.45. The van der Waals surface area contributed by atoms with E-state index in [4.69, 9.17) is 13.9 Å². The average Bonchev–Trinajstić information content (AvgIpc) is 3.16. The third kappa shape index (κ3) is 4.06. The molecule has 0 radical (unpaired) electrons. The number of likely N-dealkylation sites (tertiary alicyclic amines) is 1. The Kier molecular flexibility index (Phi) is 6.11. The second-order valence-corrected chi connectivity index (χ2v) is 8.07. The largest absolute Gasteiger partial charge is 0.496 e. The van der Waals surface area contributed by atoms with Crippen LogP contribution in [0.25, 0.3) is 22.3 Å². The molecule has 0 bridgehead atoms. The van der Waals surface area contributed by atoms with E-state index >= 15 is 0 Å². The van der Waals surface area contributed by atoms with Gasteiger partial charge in [-0.2, -0.15) is 13.2 Å². The van der Waals surface area contributed by atoms with Crippen LogP contribution in [0.5, 0.6) is 11.5 Å². The average molecular weight is 463 g/mol. The molecule has 2 atom stereocenters. The summed E-state index contributed by atoms with van der Waals surface area (Å²) >= 11 is 0. The molecule has 9 heteroatoms. The van der Waals surface area contributed by atoms with Gasteiger partial charge in [-0.25, -0.2) is 0 Å². The van der Waals surface area contributed by atoms with Crippen LogP contribution in [0.2, 0.25) is 0 Å². The number of nitrogens with zero attached hydrogens (tertiary/aromatic N) is 1. The fourth-order valence-electron chi connectivity index (χ4n) is 4.56. The smallest absolute Gasteiger partial charge is 0.416 e. The molecule has 4 rings (SSSR count). The van der Waals surface area contributed by atoms with Crippen LogP contribution < -0.4 is 14.9 Å². The van der Waals surface area contributed by atoms with Gasteiger partial charge in [0.15, 0.2) is 5.43 Å². The molecule has 2 heterocycles. The summed E-state index contributed by atoms with van der Waals surface area (Å²) in [4.78, 5) is 15.2. The lowest BCUT2D eigenvalue weighted by molar-refractivity contribution is -0.137. The van der Waals surface area contributed by atoms with E-state index in [2.05, 4.69) is 0 Å². The summed E-state index contributed by atoms with van der Waals surface area (Å²) in [6.45, 7) is 0.635. The Morgan fingerprint density at radius 1 is 1.12 bits per heavy atom. The quantitative estimate of drug-likeness (QED) is 0.609. The maximum Gasteiger partial charge on any atom is 0.416 e. The number of hydrogen-bond acceptors (Lipinski definition) is 6. The summed E-state index contributed by atoms with van der Waals surface area (Å²) < 4.78 is 56.1. The molecule has 6 nitrogen and oxygen atoms in total. The van der Waals surface area contributed by atoms with E-state index in [9.17, 15) is 23.1 Å². The predicted octanol–water partition coefficient (Wildman–Crippen LogP) is 4.28. The number of likely N-dealkylation sites (N-methyl/N-ethyl adjacent to an activating group) is 1. The Morgan fingerprint density at radius 3 is 2.36 bits per heavy atom. The molecule has 1 aromatic heterocycles. The van der Waals surface area contributed by atoms with Gasteiger partial charge in [0.25, 0.3) is 0 Å². The van der Waals surface area contributed by atoms with Crippen molar-refractivity contribution in [3.05, 3.63) is 57.7 Å². The predicted molar refractivity (Wildman–Crippen MR) is 117 cm³/mol. The molecule has 1 saturated heterocycles. The molecule has 0 spiro atoms. The molecule has 0 amide bonds. The zero-order valence-corrected chi connectivity index (χ0v) is 18.4. The van der Waals surface area contributed by atoms with E-state index in [0.29, 0.717) is 23.3 Å². The Morgan fingerprint density at radius 2 is 1.79 bits per heavy atom. The van der Waals surface area contributed by atoms with Gasteiger partial charge in [0, 0.05) is 35.2 Å². The van der Waals surface area contributed by atoms with Gasteiger partial charge >= 0.3 is 6.18 Å². The Hall–Kier alpha value is -3.04. The molecule has 3 aromatic rings. The highest BCUT2D eigenvalue weighted by atomic mass is 19.4. The van der Waals surface area contributed by atoms with Crippen molar-refractivity contribution < 1.29 is 32.2 Å². The van der Waals surface area contributed by atoms with Gasteiger partial charge in [0.05, 0.1) is 26.4 Å². The van der Waals surface area contributed by atoms with Crippen LogP contribution in [0.15, 0.2) is 45.6 Å². The summed E-state index contributed by atoms with van der Waals surface area (Å²) in [7, 11) is 4.83. The number of halogens is 3. The lowest BCUT2D eigenvalue weighted by Gasteiger charge is -2.25. The summed E-state index contributed by atoms with van der Waals surface area (Å²) in [5.41, 5.74) is 0.0175. The van der Waals surface area contributed by atoms with E-state index in [1.807, 2.05) is 11.9 Å². The van der Waals surface area contributed by atoms with Crippen molar-refractivity contribution in [2.24, 2.45) is 0 Å². The van der Waals surface area contributed by atoms with E-state index in [0.717, 1.165) is 18.7 Å². The van der Waals surface area contributed by atoms with Gasteiger partial charge in [-0.1, -0.05) is 12.1 Å². The standard InChI is InChI=1S/C24H24F3NO5/c1-28-9-8-15(16(28)12-29)21-19(31-2)11-20(32-3)22-17(30)10-18(33-23(21)22)13-4-6-14(7-5-13)24(25,26)27/h4-7,10-11,15-16,29H,8-9,12H2,1-3H3/t15?,16-/m1/s1. The van der Waals surface area contributed by atoms with Crippen LogP contribution in [-0.4, -0.2) is 50.5 Å². The van der Waals surface area contributed by atoms with Crippen LogP contribution in [0.3, 0.4) is 0 Å². The fraction of sp³-hybridized carbons (Fsp3) is 0.375. The summed E-state index contributed by atoms with van der Waals surface area (Å²) in [5, 5.41) is 10.2. The fourth-order valence-corrected chi connectivity index (χ4v) is 4.56. The van der Waals surface area contributed by atoms with Crippen molar-refractivity contribution in [3.8, 4) is 22.8 Å².